The highest BCUT2D eigenvalue weighted by atomic mass is 16.5. The number of para-hydroxylation sites is 1. The van der Waals surface area contributed by atoms with Crippen molar-refractivity contribution in [2.45, 2.75) is 25.5 Å². The van der Waals surface area contributed by atoms with Crippen LogP contribution in [0, 0.1) is 0 Å². The third-order valence-corrected chi connectivity index (χ3v) is 4.10. The van der Waals surface area contributed by atoms with E-state index in [1.165, 1.54) is 11.6 Å². The van der Waals surface area contributed by atoms with E-state index >= 15 is 0 Å². The van der Waals surface area contributed by atoms with Crippen molar-refractivity contribution in [1.82, 2.24) is 14.5 Å². The number of carbonyl (C=O) groups excluding carboxylic acids is 1. The molecule has 1 aliphatic heterocycles. The lowest BCUT2D eigenvalue weighted by Gasteiger charge is -2.14. The van der Waals surface area contributed by atoms with E-state index < -0.39 is 5.69 Å². The molecule has 0 aliphatic carbocycles. The monoisotopic (exact) mass is 317 g/mol. The van der Waals surface area contributed by atoms with E-state index in [1.54, 1.807) is 24.3 Å². The molecule has 1 aliphatic rings. The van der Waals surface area contributed by atoms with Crippen LogP contribution >= 0.6 is 0 Å². The zero-order valence-electron chi connectivity index (χ0n) is 12.9. The first-order valence-corrected chi connectivity index (χ1v) is 7.65. The number of amides is 1. The van der Waals surface area contributed by atoms with Gasteiger partial charge in [-0.15, -0.1) is 0 Å². The van der Waals surface area contributed by atoms with Crippen molar-refractivity contribution in [3.63, 3.8) is 0 Å². The summed E-state index contributed by atoms with van der Waals surface area (Å²) < 4.78 is 7.80. The van der Waals surface area contributed by atoms with E-state index in [4.69, 9.17) is 4.74 Å². The van der Waals surface area contributed by atoms with Gasteiger partial charge in [0.2, 0.25) is 5.91 Å². The molecule has 1 atom stereocenters. The number of hydrogen-bond acceptors (Lipinski definition) is 4. The van der Waals surface area contributed by atoms with Crippen LogP contribution < -0.4 is 16.6 Å². The van der Waals surface area contributed by atoms with Crippen molar-refractivity contribution >= 4 is 16.8 Å². The topological polar surface area (TPSA) is 82.3 Å². The Balaban J connectivity index is 1.86. The average molecular weight is 317 g/mol. The van der Waals surface area contributed by atoms with Crippen LogP contribution in [-0.4, -0.2) is 34.3 Å². The molecule has 1 fully saturated rings. The van der Waals surface area contributed by atoms with E-state index in [1.807, 2.05) is 0 Å². The Morgan fingerprint density at radius 3 is 2.87 bits per heavy atom. The van der Waals surface area contributed by atoms with E-state index in [2.05, 4.69) is 5.32 Å². The maximum absolute atomic E-state index is 12.3. The van der Waals surface area contributed by atoms with Gasteiger partial charge in [0.1, 0.15) is 6.54 Å². The first kappa shape index (κ1) is 15.5. The Morgan fingerprint density at radius 1 is 1.35 bits per heavy atom. The van der Waals surface area contributed by atoms with Crippen molar-refractivity contribution < 1.29 is 9.53 Å². The number of fused-ring (bicyclic) bond motifs is 1. The van der Waals surface area contributed by atoms with E-state index in [-0.39, 0.29) is 24.1 Å². The molecule has 1 unspecified atom stereocenters. The SMILES string of the molecule is Cn1c(=O)c2ccccc2n(CC(=O)NCC2CCCO2)c1=O. The molecule has 2 heterocycles. The first-order chi connectivity index (χ1) is 11.1. The standard InChI is InChI=1S/C16H19N3O4/c1-18-15(21)12-6-2-3-7-13(12)19(16(18)22)10-14(20)17-9-11-5-4-8-23-11/h2-3,6-7,11H,4-5,8-10H2,1H3,(H,17,20). The lowest BCUT2D eigenvalue weighted by atomic mass is 10.2. The maximum atomic E-state index is 12.3. The van der Waals surface area contributed by atoms with Gasteiger partial charge in [0.25, 0.3) is 5.56 Å². The Bertz CT molecular complexity index is 847. The maximum Gasteiger partial charge on any atom is 0.331 e. The lowest BCUT2D eigenvalue weighted by molar-refractivity contribution is -0.122. The largest absolute Gasteiger partial charge is 0.376 e. The summed E-state index contributed by atoms with van der Waals surface area (Å²) in [5.41, 5.74) is -0.393. The van der Waals surface area contributed by atoms with Gasteiger partial charge in [-0.3, -0.25) is 18.7 Å². The summed E-state index contributed by atoms with van der Waals surface area (Å²) in [6.45, 7) is 1.04. The molecule has 7 nitrogen and oxygen atoms in total. The molecule has 0 spiro atoms. The van der Waals surface area contributed by atoms with E-state index in [0.29, 0.717) is 17.4 Å². The van der Waals surface area contributed by atoms with Gasteiger partial charge in [0.15, 0.2) is 0 Å². The van der Waals surface area contributed by atoms with Gasteiger partial charge >= 0.3 is 5.69 Å². The lowest BCUT2D eigenvalue weighted by Crippen LogP contribution is -2.42. The molecule has 1 aromatic carbocycles. The fourth-order valence-electron chi connectivity index (χ4n) is 2.83. The summed E-state index contributed by atoms with van der Waals surface area (Å²) >= 11 is 0. The highest BCUT2D eigenvalue weighted by Crippen LogP contribution is 2.10. The third kappa shape index (κ3) is 3.05. The molecule has 1 aromatic heterocycles. The van der Waals surface area contributed by atoms with Crippen molar-refractivity contribution in [1.29, 1.82) is 0 Å². The van der Waals surface area contributed by atoms with Crippen LogP contribution in [-0.2, 0) is 23.1 Å². The Hall–Kier alpha value is -2.41. The van der Waals surface area contributed by atoms with Crippen LogP contribution in [0.15, 0.2) is 33.9 Å². The number of carbonyl (C=O) groups is 1. The van der Waals surface area contributed by atoms with Gasteiger partial charge in [-0.05, 0) is 25.0 Å². The molecule has 7 heteroatoms. The third-order valence-electron chi connectivity index (χ3n) is 4.10. The highest BCUT2D eigenvalue weighted by molar-refractivity contribution is 5.81. The van der Waals surface area contributed by atoms with Crippen LogP contribution in [0.1, 0.15) is 12.8 Å². The van der Waals surface area contributed by atoms with E-state index in [0.717, 1.165) is 24.0 Å². The Kier molecular flexibility index (Phi) is 4.29. The Labute approximate surface area is 132 Å². The smallest absolute Gasteiger partial charge is 0.331 e. The van der Waals surface area contributed by atoms with Crippen LogP contribution in [0.2, 0.25) is 0 Å². The highest BCUT2D eigenvalue weighted by Gasteiger charge is 2.17. The predicted molar refractivity (Wildman–Crippen MR) is 85.4 cm³/mol. The fourth-order valence-corrected chi connectivity index (χ4v) is 2.83. The van der Waals surface area contributed by atoms with Crippen molar-refractivity contribution in [3.05, 3.63) is 45.1 Å². The molecule has 0 saturated carbocycles. The van der Waals surface area contributed by atoms with Crippen molar-refractivity contribution in [2.75, 3.05) is 13.2 Å². The van der Waals surface area contributed by atoms with Gasteiger partial charge in [-0.2, -0.15) is 0 Å². The number of hydrogen-bond donors (Lipinski definition) is 1. The predicted octanol–water partition coefficient (Wildman–Crippen LogP) is -0.00460. The summed E-state index contributed by atoms with van der Waals surface area (Å²) in [6.07, 6.45) is 1.99. The number of aromatic nitrogens is 2. The molecule has 1 amide bonds. The van der Waals surface area contributed by atoms with Gasteiger partial charge in [0.05, 0.1) is 17.0 Å². The number of nitrogens with zero attached hydrogens (tertiary/aromatic N) is 2. The zero-order chi connectivity index (χ0) is 16.4. The molecular formula is C16H19N3O4. The summed E-state index contributed by atoms with van der Waals surface area (Å²) in [5.74, 6) is -0.272. The van der Waals surface area contributed by atoms with Crippen molar-refractivity contribution in [3.8, 4) is 0 Å². The molecule has 3 rings (SSSR count). The molecule has 0 bridgehead atoms. The van der Waals surface area contributed by atoms with Crippen LogP contribution in [0.25, 0.3) is 10.9 Å². The normalized spacial score (nSPS) is 17.5. The summed E-state index contributed by atoms with van der Waals surface area (Å²) in [5, 5.41) is 3.21. The molecule has 1 N–H and O–H groups in total. The number of ether oxygens (including phenoxy) is 1. The van der Waals surface area contributed by atoms with Gasteiger partial charge in [-0.25, -0.2) is 4.79 Å². The first-order valence-electron chi connectivity index (χ1n) is 7.65. The Morgan fingerprint density at radius 2 is 2.13 bits per heavy atom. The van der Waals surface area contributed by atoms with Crippen LogP contribution in [0.3, 0.4) is 0 Å². The zero-order valence-corrected chi connectivity index (χ0v) is 12.9. The second-order valence-corrected chi connectivity index (χ2v) is 5.69. The number of rotatable bonds is 4. The number of benzene rings is 1. The average Bonchev–Trinajstić information content (AvgIpc) is 3.08. The minimum Gasteiger partial charge on any atom is -0.376 e. The second-order valence-electron chi connectivity index (χ2n) is 5.69. The number of nitrogens with one attached hydrogen (secondary N) is 1. The van der Waals surface area contributed by atoms with E-state index in [9.17, 15) is 14.4 Å². The summed E-state index contributed by atoms with van der Waals surface area (Å²) in [7, 11) is 1.41. The summed E-state index contributed by atoms with van der Waals surface area (Å²) in [6, 6.07) is 6.79. The van der Waals surface area contributed by atoms with Crippen LogP contribution in [0.5, 0.6) is 0 Å². The quantitative estimate of drug-likeness (QED) is 0.860. The molecule has 0 radical (unpaired) electrons. The molecule has 2 aromatic rings. The van der Waals surface area contributed by atoms with Crippen molar-refractivity contribution in [2.24, 2.45) is 7.05 Å². The van der Waals surface area contributed by atoms with Gasteiger partial charge in [-0.1, -0.05) is 12.1 Å². The van der Waals surface area contributed by atoms with Gasteiger partial charge < -0.3 is 10.1 Å². The minimum absolute atomic E-state index is 0.0487. The van der Waals surface area contributed by atoms with Gasteiger partial charge in [0, 0.05) is 20.2 Å². The molecule has 122 valence electrons. The molecule has 23 heavy (non-hydrogen) atoms. The fraction of sp³-hybridized carbons (Fsp3) is 0.438. The molecular weight excluding hydrogens is 298 g/mol. The van der Waals surface area contributed by atoms with Crippen LogP contribution in [0.4, 0.5) is 0 Å². The second kappa shape index (κ2) is 6.37. The summed E-state index contributed by atoms with van der Waals surface area (Å²) in [4.78, 5) is 36.6. The minimum atomic E-state index is -0.499. The molecule has 1 saturated heterocycles.